The second kappa shape index (κ2) is 6.80. The Morgan fingerprint density at radius 2 is 1.96 bits per heavy atom. The van der Waals surface area contributed by atoms with Gasteiger partial charge in [0.2, 0.25) is 0 Å². The number of rotatable bonds is 1. The zero-order valence-corrected chi connectivity index (χ0v) is 14.0. The van der Waals surface area contributed by atoms with Gasteiger partial charge in [0, 0.05) is 48.9 Å². The molecule has 0 amide bonds. The number of nitrogens with zero attached hydrogens (tertiary/aromatic N) is 2. The number of hydrogen-bond acceptors (Lipinski definition) is 3. The molecule has 0 saturated carbocycles. The van der Waals surface area contributed by atoms with E-state index in [4.69, 9.17) is 23.2 Å². The Hall–Kier alpha value is -1.73. The van der Waals surface area contributed by atoms with Gasteiger partial charge in [0.05, 0.1) is 10.7 Å². The molecule has 3 rings (SSSR count). The van der Waals surface area contributed by atoms with Gasteiger partial charge in [-0.1, -0.05) is 41.1 Å². The van der Waals surface area contributed by atoms with Crippen molar-refractivity contribution in [1.29, 1.82) is 0 Å². The Labute approximate surface area is 145 Å². The fraction of sp³-hybridized carbons (Fsp3) is 0.278. The van der Waals surface area contributed by atoms with E-state index in [0.717, 1.165) is 11.3 Å². The van der Waals surface area contributed by atoms with E-state index < -0.39 is 5.60 Å². The van der Waals surface area contributed by atoms with E-state index in [2.05, 4.69) is 21.7 Å². The second-order valence-corrected chi connectivity index (χ2v) is 6.45. The molecule has 1 aromatic carbocycles. The van der Waals surface area contributed by atoms with Crippen molar-refractivity contribution in [3.05, 3.63) is 58.3 Å². The molecule has 5 heteroatoms. The van der Waals surface area contributed by atoms with Crippen molar-refractivity contribution in [2.75, 3.05) is 18.0 Å². The summed E-state index contributed by atoms with van der Waals surface area (Å²) in [5, 5.41) is 11.9. The first-order valence-electron chi connectivity index (χ1n) is 7.41. The normalized spacial score (nSPS) is 16.6. The van der Waals surface area contributed by atoms with Crippen LogP contribution in [0.3, 0.4) is 0 Å². The van der Waals surface area contributed by atoms with Gasteiger partial charge < -0.3 is 10.0 Å². The van der Waals surface area contributed by atoms with Gasteiger partial charge in [0.1, 0.15) is 5.60 Å². The van der Waals surface area contributed by atoms with Crippen LogP contribution >= 0.6 is 23.2 Å². The molecule has 3 nitrogen and oxygen atoms in total. The molecule has 1 aromatic heterocycles. The lowest BCUT2D eigenvalue weighted by Crippen LogP contribution is -2.43. The van der Waals surface area contributed by atoms with Crippen LogP contribution in [-0.2, 0) is 0 Å². The van der Waals surface area contributed by atoms with Crippen molar-refractivity contribution >= 4 is 28.9 Å². The molecule has 0 unspecified atom stereocenters. The van der Waals surface area contributed by atoms with Gasteiger partial charge in [-0.05, 0) is 24.3 Å². The quantitative estimate of drug-likeness (QED) is 0.798. The average molecular weight is 347 g/mol. The van der Waals surface area contributed by atoms with E-state index in [1.165, 1.54) is 0 Å². The predicted octanol–water partition coefficient (Wildman–Crippen LogP) is 3.77. The molecule has 0 bridgehead atoms. The molecule has 0 atom stereocenters. The summed E-state index contributed by atoms with van der Waals surface area (Å²) in [6.07, 6.45) is 4.50. The van der Waals surface area contributed by atoms with Crippen molar-refractivity contribution in [2.45, 2.75) is 18.4 Å². The first-order valence-corrected chi connectivity index (χ1v) is 8.17. The zero-order valence-electron chi connectivity index (χ0n) is 12.5. The highest BCUT2D eigenvalue weighted by atomic mass is 35.5. The third-order valence-corrected chi connectivity index (χ3v) is 4.47. The smallest absolute Gasteiger partial charge is 0.129 e. The lowest BCUT2D eigenvalue weighted by molar-refractivity contribution is 0.0746. The molecule has 0 spiro atoms. The third kappa shape index (κ3) is 3.97. The maximum atomic E-state index is 10.7. The highest BCUT2D eigenvalue weighted by molar-refractivity contribution is 6.33. The van der Waals surface area contributed by atoms with Gasteiger partial charge >= 0.3 is 0 Å². The first-order chi connectivity index (χ1) is 11.1. The summed E-state index contributed by atoms with van der Waals surface area (Å²) < 4.78 is 0. The van der Waals surface area contributed by atoms with Gasteiger partial charge in [-0.25, -0.2) is 0 Å². The average Bonchev–Trinajstić information content (AvgIpc) is 2.55. The van der Waals surface area contributed by atoms with Gasteiger partial charge in [-0.15, -0.1) is 0 Å². The number of piperidine rings is 1. The number of aromatic nitrogens is 1. The van der Waals surface area contributed by atoms with Gasteiger partial charge in [-0.2, -0.15) is 0 Å². The summed E-state index contributed by atoms with van der Waals surface area (Å²) in [5.74, 6) is 6.03. The van der Waals surface area contributed by atoms with Gasteiger partial charge in [0.25, 0.3) is 0 Å². The molecular weight excluding hydrogens is 331 g/mol. The number of aliphatic hydroxyl groups is 1. The molecule has 0 radical (unpaired) electrons. The highest BCUT2D eigenvalue weighted by Gasteiger charge is 2.31. The highest BCUT2D eigenvalue weighted by Crippen LogP contribution is 2.30. The number of halogens is 2. The zero-order chi connectivity index (χ0) is 16.3. The van der Waals surface area contributed by atoms with Crippen LogP contribution in [0.15, 0.2) is 42.7 Å². The Morgan fingerprint density at radius 3 is 2.65 bits per heavy atom. The van der Waals surface area contributed by atoms with Crippen LogP contribution < -0.4 is 4.90 Å². The summed E-state index contributed by atoms with van der Waals surface area (Å²) in [4.78, 5) is 6.15. The molecule has 1 fully saturated rings. The molecule has 1 N–H and O–H groups in total. The van der Waals surface area contributed by atoms with Crippen molar-refractivity contribution in [3.8, 4) is 11.8 Å². The lowest BCUT2D eigenvalue weighted by Gasteiger charge is -2.36. The second-order valence-electron chi connectivity index (χ2n) is 5.61. The largest absolute Gasteiger partial charge is 0.377 e. The molecule has 118 valence electrons. The number of pyridine rings is 1. The minimum absolute atomic E-state index is 0.569. The Bertz CT molecular complexity index is 759. The van der Waals surface area contributed by atoms with Crippen molar-refractivity contribution < 1.29 is 5.11 Å². The number of anilines is 1. The van der Waals surface area contributed by atoms with Crippen LogP contribution in [0.1, 0.15) is 18.4 Å². The third-order valence-electron chi connectivity index (χ3n) is 3.95. The van der Waals surface area contributed by atoms with Gasteiger partial charge in [0.15, 0.2) is 0 Å². The van der Waals surface area contributed by atoms with Crippen LogP contribution in [0.2, 0.25) is 10.0 Å². The summed E-state index contributed by atoms with van der Waals surface area (Å²) in [6.45, 7) is 1.40. The Morgan fingerprint density at radius 1 is 1.17 bits per heavy atom. The van der Waals surface area contributed by atoms with E-state index in [1.807, 2.05) is 18.2 Å². The van der Waals surface area contributed by atoms with Crippen molar-refractivity contribution in [2.24, 2.45) is 0 Å². The predicted molar refractivity (Wildman–Crippen MR) is 94.0 cm³/mol. The maximum absolute atomic E-state index is 10.7. The van der Waals surface area contributed by atoms with E-state index >= 15 is 0 Å². The summed E-state index contributed by atoms with van der Waals surface area (Å²) in [6, 6.07) is 9.23. The molecule has 2 heterocycles. The van der Waals surface area contributed by atoms with Crippen LogP contribution in [0.25, 0.3) is 0 Å². The van der Waals surface area contributed by atoms with Crippen LogP contribution in [0.4, 0.5) is 5.69 Å². The molecule has 1 aliphatic heterocycles. The van der Waals surface area contributed by atoms with E-state index in [-0.39, 0.29) is 0 Å². The molecule has 23 heavy (non-hydrogen) atoms. The fourth-order valence-electron chi connectivity index (χ4n) is 2.62. The number of benzene rings is 1. The first kappa shape index (κ1) is 16.1. The van der Waals surface area contributed by atoms with Gasteiger partial charge in [-0.3, -0.25) is 4.98 Å². The molecule has 1 saturated heterocycles. The Balaban J connectivity index is 1.70. The fourth-order valence-corrected chi connectivity index (χ4v) is 3.05. The van der Waals surface area contributed by atoms with E-state index in [0.29, 0.717) is 36.0 Å². The monoisotopic (exact) mass is 346 g/mol. The summed E-state index contributed by atoms with van der Waals surface area (Å²) in [7, 11) is 0. The summed E-state index contributed by atoms with van der Waals surface area (Å²) >= 11 is 12.1. The minimum Gasteiger partial charge on any atom is -0.377 e. The topological polar surface area (TPSA) is 36.4 Å². The van der Waals surface area contributed by atoms with E-state index in [9.17, 15) is 5.11 Å². The molecule has 2 aromatic rings. The standard InChI is InChI=1S/C18H16Cl2N2O/c19-15-3-1-2-14(12-15)4-6-18(23)7-10-22(11-8-18)17-5-9-21-13-16(17)20/h1-3,5,9,12-13,23H,7-8,10-11H2. The maximum Gasteiger partial charge on any atom is 0.129 e. The Kier molecular flexibility index (Phi) is 4.77. The van der Waals surface area contributed by atoms with Crippen molar-refractivity contribution in [3.63, 3.8) is 0 Å². The lowest BCUT2D eigenvalue weighted by atomic mass is 9.91. The van der Waals surface area contributed by atoms with Crippen molar-refractivity contribution in [1.82, 2.24) is 4.98 Å². The minimum atomic E-state index is -0.974. The number of hydrogen-bond donors (Lipinski definition) is 1. The van der Waals surface area contributed by atoms with Crippen LogP contribution in [-0.4, -0.2) is 28.8 Å². The molecule has 0 aliphatic carbocycles. The van der Waals surface area contributed by atoms with E-state index in [1.54, 1.807) is 24.5 Å². The van der Waals surface area contributed by atoms with Crippen LogP contribution in [0.5, 0.6) is 0 Å². The van der Waals surface area contributed by atoms with Crippen LogP contribution in [0, 0.1) is 11.8 Å². The molecular formula is C18H16Cl2N2O. The molecule has 1 aliphatic rings. The SMILES string of the molecule is OC1(C#Cc2cccc(Cl)c2)CCN(c2ccncc2Cl)CC1. The summed E-state index contributed by atoms with van der Waals surface area (Å²) in [5.41, 5.74) is 0.787.